The van der Waals surface area contributed by atoms with Gasteiger partial charge in [0.1, 0.15) is 5.69 Å². The molecule has 4 rings (SSSR count). The van der Waals surface area contributed by atoms with Gasteiger partial charge in [-0.15, -0.1) is 0 Å². The molecular weight excluding hydrogens is 338 g/mol. The number of fused-ring (bicyclic) bond motifs is 1. The van der Waals surface area contributed by atoms with E-state index in [1.54, 1.807) is 0 Å². The number of rotatable bonds is 4. The number of aromatic nitrogens is 1. The molecule has 0 unspecified atom stereocenters. The number of H-pyrrole nitrogens is 1. The van der Waals surface area contributed by atoms with Crippen molar-refractivity contribution in [3.05, 3.63) is 35.0 Å². The summed E-state index contributed by atoms with van der Waals surface area (Å²) in [6.07, 6.45) is 4.51. The average Bonchev–Trinajstić information content (AvgIpc) is 3.03. The quantitative estimate of drug-likeness (QED) is 0.897. The second kappa shape index (κ2) is 8.03. The van der Waals surface area contributed by atoms with Crippen LogP contribution in [0.25, 0.3) is 10.9 Å². The molecule has 2 fully saturated rings. The molecule has 0 aliphatic carbocycles. The molecule has 1 amide bonds. The van der Waals surface area contributed by atoms with Crippen LogP contribution in [-0.4, -0.2) is 66.1 Å². The van der Waals surface area contributed by atoms with E-state index < -0.39 is 0 Å². The largest absolute Gasteiger partial charge is 0.379 e. The van der Waals surface area contributed by atoms with Gasteiger partial charge in [0.25, 0.3) is 5.91 Å². The summed E-state index contributed by atoms with van der Waals surface area (Å²) in [5.41, 5.74) is 4.14. The molecule has 146 valence electrons. The van der Waals surface area contributed by atoms with Crippen LogP contribution in [0.15, 0.2) is 18.2 Å². The van der Waals surface area contributed by atoms with Crippen LogP contribution in [-0.2, 0) is 4.74 Å². The lowest BCUT2D eigenvalue weighted by Crippen LogP contribution is -2.46. The summed E-state index contributed by atoms with van der Waals surface area (Å²) in [6.45, 7) is 9.80. The molecule has 3 heterocycles. The predicted octanol–water partition coefficient (Wildman–Crippen LogP) is 3.50. The fraction of sp³-hybridized carbons (Fsp3) is 0.591. The van der Waals surface area contributed by atoms with Crippen molar-refractivity contribution in [3.63, 3.8) is 0 Å². The molecule has 1 aromatic carbocycles. The lowest BCUT2D eigenvalue weighted by Gasteiger charge is -2.37. The van der Waals surface area contributed by atoms with Gasteiger partial charge >= 0.3 is 0 Å². The number of benzene rings is 1. The Bertz CT molecular complexity index is 807. The van der Waals surface area contributed by atoms with Crippen LogP contribution < -0.4 is 0 Å². The van der Waals surface area contributed by atoms with Gasteiger partial charge in [0.2, 0.25) is 0 Å². The number of ether oxygens (including phenoxy) is 1. The van der Waals surface area contributed by atoms with Crippen molar-refractivity contribution in [3.8, 4) is 0 Å². The van der Waals surface area contributed by atoms with Gasteiger partial charge in [-0.25, -0.2) is 0 Å². The number of morpholine rings is 1. The maximum Gasteiger partial charge on any atom is 0.270 e. The first-order valence-corrected chi connectivity index (χ1v) is 10.3. The summed E-state index contributed by atoms with van der Waals surface area (Å²) in [5, 5.41) is 1.17. The smallest absolute Gasteiger partial charge is 0.270 e. The number of carbonyl (C=O) groups is 1. The molecule has 1 aromatic heterocycles. The minimum Gasteiger partial charge on any atom is -0.379 e. The third-order valence-electron chi connectivity index (χ3n) is 6.20. The van der Waals surface area contributed by atoms with Crippen LogP contribution in [0.4, 0.5) is 0 Å². The fourth-order valence-electron chi connectivity index (χ4n) is 4.52. The van der Waals surface area contributed by atoms with Crippen LogP contribution in [0.2, 0.25) is 0 Å². The molecule has 2 saturated heterocycles. The average molecular weight is 370 g/mol. The van der Waals surface area contributed by atoms with Crippen molar-refractivity contribution < 1.29 is 9.53 Å². The summed E-state index contributed by atoms with van der Waals surface area (Å²) in [7, 11) is 0. The highest BCUT2D eigenvalue weighted by Crippen LogP contribution is 2.27. The SMILES string of the molecule is Cc1ccc2[nH]c(C(=O)N3CCCC[C@@H]3CCN3CCOCC3)c(C)c2c1. The molecule has 5 heteroatoms. The van der Waals surface area contributed by atoms with E-state index in [2.05, 4.69) is 46.8 Å². The summed E-state index contributed by atoms with van der Waals surface area (Å²) >= 11 is 0. The number of aromatic amines is 1. The van der Waals surface area contributed by atoms with Crippen molar-refractivity contribution >= 4 is 16.8 Å². The first-order valence-electron chi connectivity index (χ1n) is 10.3. The van der Waals surface area contributed by atoms with Gasteiger partial charge in [-0.2, -0.15) is 0 Å². The Morgan fingerprint density at radius 2 is 2.00 bits per heavy atom. The van der Waals surface area contributed by atoms with E-state index in [0.717, 1.165) is 75.4 Å². The third-order valence-corrected chi connectivity index (χ3v) is 6.20. The Labute approximate surface area is 161 Å². The number of aryl methyl sites for hydroxylation is 2. The van der Waals surface area contributed by atoms with Crippen molar-refractivity contribution in [1.29, 1.82) is 0 Å². The van der Waals surface area contributed by atoms with Gasteiger partial charge in [0, 0.05) is 43.1 Å². The highest BCUT2D eigenvalue weighted by Gasteiger charge is 2.30. The maximum absolute atomic E-state index is 13.4. The van der Waals surface area contributed by atoms with E-state index in [9.17, 15) is 4.79 Å². The predicted molar refractivity (Wildman–Crippen MR) is 108 cm³/mol. The van der Waals surface area contributed by atoms with Crippen LogP contribution in [0.5, 0.6) is 0 Å². The van der Waals surface area contributed by atoms with Crippen molar-refractivity contribution in [2.45, 2.75) is 45.6 Å². The Morgan fingerprint density at radius 1 is 1.19 bits per heavy atom. The number of likely N-dealkylation sites (tertiary alicyclic amines) is 1. The van der Waals surface area contributed by atoms with Crippen LogP contribution >= 0.6 is 0 Å². The minimum atomic E-state index is 0.174. The van der Waals surface area contributed by atoms with E-state index in [4.69, 9.17) is 4.74 Å². The molecule has 0 saturated carbocycles. The minimum absolute atomic E-state index is 0.174. The zero-order valence-electron chi connectivity index (χ0n) is 16.6. The maximum atomic E-state index is 13.4. The highest BCUT2D eigenvalue weighted by atomic mass is 16.5. The number of piperidine rings is 1. The van der Waals surface area contributed by atoms with Gasteiger partial charge in [0.05, 0.1) is 13.2 Å². The number of hydrogen-bond donors (Lipinski definition) is 1. The number of amides is 1. The number of nitrogens with one attached hydrogen (secondary N) is 1. The second-order valence-electron chi connectivity index (χ2n) is 8.06. The first kappa shape index (κ1) is 18.5. The first-order chi connectivity index (χ1) is 13.1. The van der Waals surface area contributed by atoms with Crippen LogP contribution in [0, 0.1) is 13.8 Å². The molecule has 0 spiro atoms. The van der Waals surface area contributed by atoms with Gasteiger partial charge in [-0.1, -0.05) is 11.6 Å². The number of hydrogen-bond acceptors (Lipinski definition) is 3. The standard InChI is InChI=1S/C22H31N3O2/c1-16-6-7-20-19(15-16)17(2)21(23-20)22(26)25-9-4-3-5-18(25)8-10-24-11-13-27-14-12-24/h6-7,15,18,23H,3-5,8-14H2,1-2H3/t18-/m1/s1. The summed E-state index contributed by atoms with van der Waals surface area (Å²) in [4.78, 5) is 21.4. The zero-order valence-corrected chi connectivity index (χ0v) is 16.6. The van der Waals surface area contributed by atoms with E-state index in [1.165, 1.54) is 17.4 Å². The van der Waals surface area contributed by atoms with Crippen LogP contribution in [0.3, 0.4) is 0 Å². The fourth-order valence-corrected chi connectivity index (χ4v) is 4.52. The monoisotopic (exact) mass is 369 g/mol. The van der Waals surface area contributed by atoms with Gasteiger partial charge < -0.3 is 14.6 Å². The molecule has 27 heavy (non-hydrogen) atoms. The van der Waals surface area contributed by atoms with E-state index in [-0.39, 0.29) is 5.91 Å². The Kier molecular flexibility index (Phi) is 5.50. The molecule has 0 bridgehead atoms. The lowest BCUT2D eigenvalue weighted by atomic mass is 9.98. The summed E-state index contributed by atoms with van der Waals surface area (Å²) < 4.78 is 5.45. The van der Waals surface area contributed by atoms with Gasteiger partial charge in [0.15, 0.2) is 0 Å². The van der Waals surface area contributed by atoms with Gasteiger partial charge in [-0.3, -0.25) is 9.69 Å². The normalized spacial score (nSPS) is 21.7. The lowest BCUT2D eigenvalue weighted by molar-refractivity contribution is 0.0295. The van der Waals surface area contributed by atoms with Gasteiger partial charge in [-0.05, 0) is 57.2 Å². The van der Waals surface area contributed by atoms with E-state index in [0.29, 0.717) is 6.04 Å². The molecule has 2 aromatic rings. The van der Waals surface area contributed by atoms with E-state index >= 15 is 0 Å². The zero-order chi connectivity index (χ0) is 18.8. The molecule has 0 radical (unpaired) electrons. The van der Waals surface area contributed by atoms with Crippen LogP contribution in [0.1, 0.15) is 47.3 Å². The third kappa shape index (κ3) is 3.90. The Morgan fingerprint density at radius 3 is 2.81 bits per heavy atom. The number of carbonyl (C=O) groups excluding carboxylic acids is 1. The highest BCUT2D eigenvalue weighted by molar-refractivity contribution is 6.01. The summed E-state index contributed by atoms with van der Waals surface area (Å²) in [6, 6.07) is 6.70. The second-order valence-corrected chi connectivity index (χ2v) is 8.06. The molecule has 1 atom stereocenters. The number of nitrogens with zero attached hydrogens (tertiary/aromatic N) is 2. The molecule has 2 aliphatic rings. The molecule has 2 aliphatic heterocycles. The van der Waals surface area contributed by atoms with Crippen molar-refractivity contribution in [1.82, 2.24) is 14.8 Å². The van der Waals surface area contributed by atoms with Crippen molar-refractivity contribution in [2.24, 2.45) is 0 Å². The molecule has 1 N–H and O–H groups in total. The topological polar surface area (TPSA) is 48.6 Å². The Balaban J connectivity index is 1.51. The van der Waals surface area contributed by atoms with Crippen molar-refractivity contribution in [2.75, 3.05) is 39.4 Å². The molecule has 5 nitrogen and oxygen atoms in total. The molecular formula is C22H31N3O2. The Hall–Kier alpha value is -1.85. The van der Waals surface area contributed by atoms with E-state index in [1.807, 2.05) is 0 Å². The summed E-state index contributed by atoms with van der Waals surface area (Å²) in [5.74, 6) is 0.174.